The SMILES string of the molecule is C=C/C(=C\C1=C(C)CCc2cccnc21)c1cccc(F)c1Cl. The molecule has 116 valence electrons. The van der Waals surface area contributed by atoms with Crippen molar-refractivity contribution < 1.29 is 4.39 Å². The van der Waals surface area contributed by atoms with Crippen LogP contribution in [0.2, 0.25) is 5.02 Å². The Morgan fingerprint density at radius 1 is 1.26 bits per heavy atom. The van der Waals surface area contributed by atoms with E-state index in [4.69, 9.17) is 11.6 Å². The van der Waals surface area contributed by atoms with Gasteiger partial charge >= 0.3 is 0 Å². The second-order valence-electron chi connectivity index (χ2n) is 5.61. The highest BCUT2D eigenvalue weighted by molar-refractivity contribution is 6.32. The van der Waals surface area contributed by atoms with Crippen LogP contribution in [-0.2, 0) is 6.42 Å². The zero-order valence-corrected chi connectivity index (χ0v) is 13.7. The Hall–Kier alpha value is -2.19. The molecule has 0 bridgehead atoms. The van der Waals surface area contributed by atoms with Crippen LogP contribution in [-0.4, -0.2) is 4.98 Å². The summed E-state index contributed by atoms with van der Waals surface area (Å²) in [6, 6.07) is 8.87. The number of fused-ring (bicyclic) bond motifs is 1. The van der Waals surface area contributed by atoms with Gasteiger partial charge in [0.1, 0.15) is 5.82 Å². The Kier molecular flexibility index (Phi) is 4.44. The van der Waals surface area contributed by atoms with Crippen LogP contribution in [0.15, 0.2) is 60.8 Å². The van der Waals surface area contributed by atoms with E-state index in [1.54, 1.807) is 24.4 Å². The molecule has 1 aromatic heterocycles. The fraction of sp³-hybridized carbons (Fsp3) is 0.150. The van der Waals surface area contributed by atoms with Gasteiger partial charge in [-0.05, 0) is 54.7 Å². The van der Waals surface area contributed by atoms with Crippen molar-refractivity contribution in [2.24, 2.45) is 0 Å². The molecule has 3 heteroatoms. The Labute approximate surface area is 140 Å². The van der Waals surface area contributed by atoms with Gasteiger partial charge in [-0.2, -0.15) is 0 Å². The highest BCUT2D eigenvalue weighted by Crippen LogP contribution is 2.34. The smallest absolute Gasteiger partial charge is 0.142 e. The fourth-order valence-corrected chi connectivity index (χ4v) is 3.10. The van der Waals surface area contributed by atoms with E-state index in [2.05, 4.69) is 24.6 Å². The molecule has 3 rings (SSSR count). The van der Waals surface area contributed by atoms with Gasteiger partial charge in [-0.15, -0.1) is 0 Å². The molecular formula is C20H17ClFN. The van der Waals surface area contributed by atoms with Gasteiger partial charge in [-0.1, -0.05) is 48.0 Å². The van der Waals surface area contributed by atoms with Gasteiger partial charge in [0.25, 0.3) is 0 Å². The summed E-state index contributed by atoms with van der Waals surface area (Å²) in [6.45, 7) is 5.97. The van der Waals surface area contributed by atoms with Gasteiger partial charge in [0.2, 0.25) is 0 Å². The summed E-state index contributed by atoms with van der Waals surface area (Å²) in [7, 11) is 0. The van der Waals surface area contributed by atoms with Gasteiger partial charge in [0, 0.05) is 11.8 Å². The molecule has 0 unspecified atom stereocenters. The zero-order chi connectivity index (χ0) is 16.4. The predicted molar refractivity (Wildman–Crippen MR) is 94.7 cm³/mol. The number of allylic oxidation sites excluding steroid dienone is 5. The van der Waals surface area contributed by atoms with E-state index in [0.29, 0.717) is 5.56 Å². The van der Waals surface area contributed by atoms with Gasteiger partial charge < -0.3 is 0 Å². The first-order valence-electron chi connectivity index (χ1n) is 7.54. The molecule has 0 amide bonds. The van der Waals surface area contributed by atoms with Crippen LogP contribution in [0.4, 0.5) is 4.39 Å². The van der Waals surface area contributed by atoms with E-state index in [-0.39, 0.29) is 5.02 Å². The quantitative estimate of drug-likeness (QED) is 0.644. The number of aromatic nitrogens is 1. The highest BCUT2D eigenvalue weighted by Gasteiger charge is 2.17. The predicted octanol–water partition coefficient (Wildman–Crippen LogP) is 5.86. The van der Waals surface area contributed by atoms with Crippen molar-refractivity contribution in [2.75, 3.05) is 0 Å². The maximum atomic E-state index is 13.8. The van der Waals surface area contributed by atoms with Crippen LogP contribution in [0.25, 0.3) is 11.1 Å². The molecule has 0 saturated carbocycles. The molecule has 0 spiro atoms. The minimum Gasteiger partial charge on any atom is -0.256 e. The van der Waals surface area contributed by atoms with Crippen LogP contribution in [0, 0.1) is 5.82 Å². The monoisotopic (exact) mass is 325 g/mol. The third kappa shape index (κ3) is 2.99. The largest absolute Gasteiger partial charge is 0.256 e. The van der Waals surface area contributed by atoms with Crippen molar-refractivity contribution in [3.05, 3.63) is 88.5 Å². The van der Waals surface area contributed by atoms with Crippen LogP contribution < -0.4 is 0 Å². The molecule has 1 heterocycles. The Morgan fingerprint density at radius 2 is 2.09 bits per heavy atom. The minimum atomic E-state index is -0.426. The molecule has 0 atom stereocenters. The molecule has 1 nitrogen and oxygen atoms in total. The van der Waals surface area contributed by atoms with Crippen molar-refractivity contribution in [1.29, 1.82) is 0 Å². The number of nitrogens with zero attached hydrogens (tertiary/aromatic N) is 1. The third-order valence-corrected chi connectivity index (χ3v) is 4.54. The topological polar surface area (TPSA) is 12.9 Å². The molecule has 0 N–H and O–H groups in total. The van der Waals surface area contributed by atoms with Crippen molar-refractivity contribution in [2.45, 2.75) is 19.8 Å². The number of pyridine rings is 1. The number of halogens is 2. The lowest BCUT2D eigenvalue weighted by Crippen LogP contribution is -2.04. The molecule has 23 heavy (non-hydrogen) atoms. The first-order valence-corrected chi connectivity index (χ1v) is 7.92. The number of benzene rings is 1. The van der Waals surface area contributed by atoms with E-state index in [9.17, 15) is 4.39 Å². The average molecular weight is 326 g/mol. The first kappa shape index (κ1) is 15.7. The molecule has 1 aliphatic rings. The molecule has 0 saturated heterocycles. The van der Waals surface area contributed by atoms with E-state index < -0.39 is 5.82 Å². The fourth-order valence-electron chi connectivity index (χ4n) is 2.86. The van der Waals surface area contributed by atoms with Gasteiger partial charge in [0.05, 0.1) is 10.7 Å². The van der Waals surface area contributed by atoms with Crippen molar-refractivity contribution in [1.82, 2.24) is 4.98 Å². The number of aryl methyl sites for hydroxylation is 1. The summed E-state index contributed by atoms with van der Waals surface area (Å²) in [5.74, 6) is -0.426. The summed E-state index contributed by atoms with van der Waals surface area (Å²) >= 11 is 6.13. The minimum absolute atomic E-state index is 0.119. The second kappa shape index (κ2) is 6.51. The molecule has 0 aliphatic heterocycles. The maximum absolute atomic E-state index is 13.8. The van der Waals surface area contributed by atoms with Crippen LogP contribution >= 0.6 is 11.6 Å². The van der Waals surface area contributed by atoms with Crippen molar-refractivity contribution in [3.63, 3.8) is 0 Å². The lowest BCUT2D eigenvalue weighted by Gasteiger charge is -2.19. The van der Waals surface area contributed by atoms with E-state index in [0.717, 1.165) is 29.7 Å². The second-order valence-corrected chi connectivity index (χ2v) is 5.99. The van der Waals surface area contributed by atoms with Crippen LogP contribution in [0.5, 0.6) is 0 Å². The van der Waals surface area contributed by atoms with Crippen molar-refractivity contribution in [3.8, 4) is 0 Å². The standard InChI is InChI=1S/C20H17ClFN/c1-3-14(16-7-4-8-18(22)19(16)21)12-17-13(2)9-10-15-6-5-11-23-20(15)17/h3-8,11-12H,1,9-10H2,2H3/b14-12+. The summed E-state index contributed by atoms with van der Waals surface area (Å²) in [4.78, 5) is 4.53. The zero-order valence-electron chi connectivity index (χ0n) is 12.9. The Morgan fingerprint density at radius 3 is 2.87 bits per heavy atom. The average Bonchev–Trinajstić information content (AvgIpc) is 2.57. The Bertz CT molecular complexity index is 833. The molecule has 0 fully saturated rings. The molecular weight excluding hydrogens is 309 g/mol. The van der Waals surface area contributed by atoms with E-state index in [1.807, 2.05) is 12.1 Å². The maximum Gasteiger partial charge on any atom is 0.142 e. The van der Waals surface area contributed by atoms with Gasteiger partial charge in [-0.25, -0.2) is 4.39 Å². The van der Waals surface area contributed by atoms with Crippen molar-refractivity contribution >= 4 is 22.7 Å². The van der Waals surface area contributed by atoms with Gasteiger partial charge in [-0.3, -0.25) is 4.98 Å². The Balaban J connectivity index is 2.15. The molecule has 1 aliphatic carbocycles. The summed E-state index contributed by atoms with van der Waals surface area (Å²) in [6.07, 6.45) is 7.50. The summed E-state index contributed by atoms with van der Waals surface area (Å²) < 4.78 is 13.8. The third-order valence-electron chi connectivity index (χ3n) is 4.16. The van der Waals surface area contributed by atoms with E-state index >= 15 is 0 Å². The van der Waals surface area contributed by atoms with E-state index in [1.165, 1.54) is 17.2 Å². The molecule has 1 aromatic carbocycles. The van der Waals surface area contributed by atoms with Gasteiger partial charge in [0.15, 0.2) is 0 Å². The number of rotatable bonds is 3. The lowest BCUT2D eigenvalue weighted by atomic mass is 9.88. The number of hydrogen-bond acceptors (Lipinski definition) is 1. The normalized spacial score (nSPS) is 14.7. The first-order chi connectivity index (χ1) is 11.1. The van der Waals surface area contributed by atoms with Crippen LogP contribution in [0.1, 0.15) is 30.2 Å². The summed E-state index contributed by atoms with van der Waals surface area (Å²) in [5, 5.41) is 0.119. The lowest BCUT2D eigenvalue weighted by molar-refractivity contribution is 0.628. The summed E-state index contributed by atoms with van der Waals surface area (Å²) in [5.41, 5.74) is 6.00. The highest BCUT2D eigenvalue weighted by atomic mass is 35.5. The molecule has 2 aromatic rings. The number of hydrogen-bond donors (Lipinski definition) is 0. The molecule has 0 radical (unpaired) electrons. The van der Waals surface area contributed by atoms with Crippen LogP contribution in [0.3, 0.4) is 0 Å².